The van der Waals surface area contributed by atoms with Crippen LogP contribution in [0.15, 0.2) is 334 Å². The van der Waals surface area contributed by atoms with E-state index < -0.39 is 0 Å². The van der Waals surface area contributed by atoms with Crippen LogP contribution in [-0.4, -0.2) is 19.1 Å². The summed E-state index contributed by atoms with van der Waals surface area (Å²) >= 11 is 0. The minimum absolute atomic E-state index is 0. The zero-order chi connectivity index (χ0) is 57.2. The van der Waals surface area contributed by atoms with Crippen LogP contribution in [0.2, 0.25) is 0 Å². The second-order valence-corrected chi connectivity index (χ2v) is 21.6. The smallest absolute Gasteiger partial charge is 0.0716 e. The molecular formula is C82H55IrN4-. The van der Waals surface area contributed by atoms with Crippen molar-refractivity contribution >= 4 is 43.6 Å². The Kier molecular flexibility index (Phi) is 15.0. The van der Waals surface area contributed by atoms with Crippen LogP contribution < -0.4 is 0 Å². The number of benzene rings is 12. The van der Waals surface area contributed by atoms with Crippen molar-refractivity contribution in [2.24, 2.45) is 0 Å². The SMILES string of the molecule is [Ir].[c-]1ccccc1-c1ccccn1.c1ccc(-c2cc(-c3cccc(-n4c5ccc(-c6ccccc6)cc5c5cc(-c6ccccc6)ccc54)c3)nc(-c3cccc(-n4c5ccc(-c6ccccc6)cc5c5cc(-c6ccccc6)ccc54)c3)c2)cc1. The molecule has 0 saturated carbocycles. The topological polar surface area (TPSA) is 35.6 Å². The van der Waals surface area contributed by atoms with E-state index in [1.54, 1.807) is 6.20 Å². The maximum atomic E-state index is 5.56. The minimum Gasteiger partial charge on any atom is -0.309 e. The molecule has 0 aliphatic rings. The third-order valence-electron chi connectivity index (χ3n) is 16.3. The molecule has 4 heterocycles. The summed E-state index contributed by atoms with van der Waals surface area (Å²) in [5, 5.41) is 4.86. The van der Waals surface area contributed by atoms with Gasteiger partial charge >= 0.3 is 0 Å². The van der Waals surface area contributed by atoms with Gasteiger partial charge < -0.3 is 14.1 Å². The van der Waals surface area contributed by atoms with Crippen molar-refractivity contribution in [1.82, 2.24) is 19.1 Å². The van der Waals surface area contributed by atoms with Crippen LogP contribution in [0.4, 0.5) is 0 Å². The fourth-order valence-electron chi connectivity index (χ4n) is 12.2. The molecule has 0 aliphatic heterocycles. The third kappa shape index (κ3) is 10.8. The Morgan fingerprint density at radius 1 is 0.241 bits per heavy atom. The molecule has 0 atom stereocenters. The number of aromatic nitrogens is 4. The van der Waals surface area contributed by atoms with Gasteiger partial charge in [-0.15, -0.1) is 35.9 Å². The van der Waals surface area contributed by atoms with Crippen LogP contribution in [0.25, 0.3) is 144 Å². The molecule has 0 unspecified atom stereocenters. The van der Waals surface area contributed by atoms with E-state index >= 15 is 0 Å². The quantitative estimate of drug-likeness (QED) is 0.128. The van der Waals surface area contributed by atoms with Crippen molar-refractivity contribution < 1.29 is 20.1 Å². The largest absolute Gasteiger partial charge is 0.309 e. The first-order chi connectivity index (χ1) is 42.6. The number of fused-ring (bicyclic) bond motifs is 6. The van der Waals surface area contributed by atoms with E-state index in [1.165, 1.54) is 66.1 Å². The maximum Gasteiger partial charge on any atom is 0.0716 e. The van der Waals surface area contributed by atoms with Crippen LogP contribution in [-0.2, 0) is 20.1 Å². The van der Waals surface area contributed by atoms with Gasteiger partial charge in [-0.25, -0.2) is 4.98 Å². The summed E-state index contributed by atoms with van der Waals surface area (Å²) in [6.45, 7) is 0. The maximum absolute atomic E-state index is 5.56. The van der Waals surface area contributed by atoms with E-state index in [-0.39, 0.29) is 20.1 Å². The van der Waals surface area contributed by atoms with Gasteiger partial charge in [-0.05, 0) is 152 Å². The molecule has 5 heteroatoms. The van der Waals surface area contributed by atoms with Gasteiger partial charge in [0.25, 0.3) is 0 Å². The molecule has 0 bridgehead atoms. The number of hydrogen-bond acceptors (Lipinski definition) is 2. The number of nitrogens with zero attached hydrogens (tertiary/aromatic N) is 4. The van der Waals surface area contributed by atoms with Gasteiger partial charge in [0.2, 0.25) is 0 Å². The molecule has 0 amide bonds. The van der Waals surface area contributed by atoms with Crippen molar-refractivity contribution in [3.63, 3.8) is 0 Å². The van der Waals surface area contributed by atoms with E-state index in [0.717, 1.165) is 78.3 Å². The molecule has 1 radical (unpaired) electrons. The average Bonchev–Trinajstić information content (AvgIpc) is 1.70. The molecule has 0 fully saturated rings. The minimum atomic E-state index is 0. The summed E-state index contributed by atoms with van der Waals surface area (Å²) in [6.07, 6.45) is 1.79. The van der Waals surface area contributed by atoms with Crippen LogP contribution in [0.1, 0.15) is 0 Å². The molecule has 4 nitrogen and oxygen atoms in total. The first-order valence-corrected chi connectivity index (χ1v) is 29.2. The summed E-state index contributed by atoms with van der Waals surface area (Å²) < 4.78 is 4.83. The van der Waals surface area contributed by atoms with Crippen molar-refractivity contribution in [2.75, 3.05) is 0 Å². The summed E-state index contributed by atoms with van der Waals surface area (Å²) in [6, 6.07) is 120. The standard InChI is InChI=1S/C71H47N3.C11H8N.Ir/c1-6-18-48(19-7-1)53-32-36-68-62(42-53)63-43-54(49-20-8-2-9-21-49)33-37-69(63)73(68)60-30-16-28-57(40-60)66-46-59(52-26-14-5-15-27-52)47-67(72-66)58-29-17-31-61(41-58)74-70-38-34-55(50-22-10-3-11-23-50)44-64(70)65-45-56(35-39-71(65)74)51-24-12-4-13-25-51;1-2-6-10(7-3-1)11-8-4-5-9-12-11;/h1-47H;1-6,8-9H;/q;-1;. The average molecular weight is 1290 g/mol. The van der Waals surface area contributed by atoms with Gasteiger partial charge in [-0.3, -0.25) is 0 Å². The zero-order valence-corrected chi connectivity index (χ0v) is 49.8. The molecule has 12 aromatic carbocycles. The van der Waals surface area contributed by atoms with Crippen LogP contribution >= 0.6 is 0 Å². The number of hydrogen-bond donors (Lipinski definition) is 0. The first-order valence-electron chi connectivity index (χ1n) is 29.2. The predicted molar refractivity (Wildman–Crippen MR) is 359 cm³/mol. The van der Waals surface area contributed by atoms with Crippen molar-refractivity contribution in [1.29, 1.82) is 0 Å². The molecule has 0 N–H and O–H groups in total. The molecule has 16 aromatic rings. The number of pyridine rings is 2. The Hall–Kier alpha value is -10.8. The summed E-state index contributed by atoms with van der Waals surface area (Å²) in [5.74, 6) is 0. The molecule has 87 heavy (non-hydrogen) atoms. The van der Waals surface area contributed by atoms with Crippen LogP contribution in [0, 0.1) is 6.07 Å². The first kappa shape index (κ1) is 54.1. The Bertz CT molecular complexity index is 4570. The van der Waals surface area contributed by atoms with E-state index in [9.17, 15) is 0 Å². The molecule has 0 saturated heterocycles. The fourth-order valence-corrected chi connectivity index (χ4v) is 12.2. The van der Waals surface area contributed by atoms with Crippen molar-refractivity contribution in [3.05, 3.63) is 340 Å². The second-order valence-electron chi connectivity index (χ2n) is 21.6. The van der Waals surface area contributed by atoms with Gasteiger partial charge in [-0.1, -0.05) is 212 Å². The molecule has 16 rings (SSSR count). The van der Waals surface area contributed by atoms with Crippen LogP contribution in [0.5, 0.6) is 0 Å². The summed E-state index contributed by atoms with van der Waals surface area (Å²) in [7, 11) is 0. The summed E-state index contributed by atoms with van der Waals surface area (Å²) in [5.41, 5.74) is 24.5. The monoisotopic (exact) mass is 1290 g/mol. The molecular weight excluding hydrogens is 1230 g/mol. The zero-order valence-electron chi connectivity index (χ0n) is 47.4. The fraction of sp³-hybridized carbons (Fsp3) is 0. The Morgan fingerprint density at radius 2 is 0.586 bits per heavy atom. The third-order valence-corrected chi connectivity index (χ3v) is 16.3. The van der Waals surface area contributed by atoms with E-state index in [1.807, 2.05) is 42.5 Å². The molecule has 413 valence electrons. The van der Waals surface area contributed by atoms with E-state index in [4.69, 9.17) is 4.98 Å². The van der Waals surface area contributed by atoms with Gasteiger partial charge in [-0.2, -0.15) is 0 Å². The molecule has 0 aliphatic carbocycles. The summed E-state index contributed by atoms with van der Waals surface area (Å²) in [4.78, 5) is 9.77. The normalized spacial score (nSPS) is 11.1. The van der Waals surface area contributed by atoms with Gasteiger partial charge in [0, 0.05) is 70.3 Å². The van der Waals surface area contributed by atoms with Crippen LogP contribution in [0.3, 0.4) is 0 Å². The van der Waals surface area contributed by atoms with E-state index in [0.29, 0.717) is 0 Å². The van der Waals surface area contributed by atoms with Gasteiger partial charge in [0.05, 0.1) is 33.5 Å². The van der Waals surface area contributed by atoms with Gasteiger partial charge in [0.1, 0.15) is 0 Å². The predicted octanol–water partition coefficient (Wildman–Crippen LogP) is 21.5. The Labute approximate surface area is 520 Å². The van der Waals surface area contributed by atoms with E-state index in [2.05, 4.69) is 305 Å². The Morgan fingerprint density at radius 3 is 0.931 bits per heavy atom. The van der Waals surface area contributed by atoms with Crippen molar-refractivity contribution in [2.45, 2.75) is 0 Å². The second kappa shape index (κ2) is 24.0. The van der Waals surface area contributed by atoms with Crippen molar-refractivity contribution in [3.8, 4) is 101 Å². The van der Waals surface area contributed by atoms with Gasteiger partial charge in [0.15, 0.2) is 0 Å². The molecule has 0 spiro atoms. The molecule has 4 aromatic heterocycles. The number of rotatable bonds is 10. The Balaban J connectivity index is 0.000000458.